The van der Waals surface area contributed by atoms with Gasteiger partial charge in [-0.2, -0.15) is 0 Å². The van der Waals surface area contributed by atoms with Crippen molar-refractivity contribution in [2.24, 2.45) is 11.8 Å². The molecule has 2 aromatic carbocycles. The van der Waals surface area contributed by atoms with Gasteiger partial charge in [-0.25, -0.2) is 4.79 Å². The quantitative estimate of drug-likeness (QED) is 0.276. The predicted molar refractivity (Wildman–Crippen MR) is 169 cm³/mol. The zero-order valence-corrected chi connectivity index (χ0v) is 27.3. The highest BCUT2D eigenvalue weighted by Gasteiger charge is 2.40. The van der Waals surface area contributed by atoms with Crippen molar-refractivity contribution in [1.82, 2.24) is 10.2 Å². The predicted octanol–water partition coefficient (Wildman–Crippen LogP) is 7.19. The minimum absolute atomic E-state index is 0.256. The summed E-state index contributed by atoms with van der Waals surface area (Å²) in [5.41, 5.74) is 2.56. The largest absolute Gasteiger partial charge is 0.497 e. The number of ether oxygens (including phenoxy) is 2. The number of nitrogens with zero attached hydrogens (tertiary/aromatic N) is 1. The smallest absolute Gasteiger partial charge is 0.408 e. The van der Waals surface area contributed by atoms with Gasteiger partial charge in [0.1, 0.15) is 23.4 Å². The van der Waals surface area contributed by atoms with E-state index in [0.717, 1.165) is 23.1 Å². The van der Waals surface area contributed by atoms with Crippen LogP contribution in [0.3, 0.4) is 0 Å². The highest BCUT2D eigenvalue weighted by molar-refractivity contribution is 5.99. The Bertz CT molecular complexity index is 1200. The fourth-order valence-electron chi connectivity index (χ4n) is 4.79. The summed E-state index contributed by atoms with van der Waals surface area (Å²) in [7, 11) is 1.59. The van der Waals surface area contributed by atoms with E-state index < -0.39 is 23.8 Å². The molecule has 0 fully saturated rings. The Labute approximate surface area is 252 Å². The average Bonchev–Trinajstić information content (AvgIpc) is 2.89. The summed E-state index contributed by atoms with van der Waals surface area (Å²) in [6, 6.07) is 10.8. The van der Waals surface area contributed by atoms with Gasteiger partial charge in [0.05, 0.1) is 7.11 Å². The van der Waals surface area contributed by atoms with Crippen molar-refractivity contribution < 1.29 is 23.9 Å². The van der Waals surface area contributed by atoms with Gasteiger partial charge < -0.3 is 25.0 Å². The maximum absolute atomic E-state index is 14.6. The number of rotatable bonds is 12. The maximum Gasteiger partial charge on any atom is 0.408 e. The topological polar surface area (TPSA) is 97.0 Å². The highest BCUT2D eigenvalue weighted by Crippen LogP contribution is 2.32. The molecule has 232 valence electrons. The Kier molecular flexibility index (Phi) is 12.4. The lowest BCUT2D eigenvalue weighted by molar-refractivity contribution is -0.144. The molecule has 2 rings (SSSR count). The Morgan fingerprint density at radius 1 is 0.905 bits per heavy atom. The Hall–Kier alpha value is -3.55. The first-order valence-electron chi connectivity index (χ1n) is 14.9. The van der Waals surface area contributed by atoms with Crippen LogP contribution in [0.1, 0.15) is 91.0 Å². The first-order chi connectivity index (χ1) is 19.5. The zero-order chi connectivity index (χ0) is 31.8. The maximum atomic E-state index is 14.6. The van der Waals surface area contributed by atoms with E-state index in [1.165, 1.54) is 0 Å². The Morgan fingerprint density at radius 3 is 2.05 bits per heavy atom. The minimum Gasteiger partial charge on any atom is -0.497 e. The van der Waals surface area contributed by atoms with Crippen molar-refractivity contribution in [3.63, 3.8) is 0 Å². The molecule has 3 atom stereocenters. The summed E-state index contributed by atoms with van der Waals surface area (Å²) >= 11 is 0. The normalized spacial score (nSPS) is 13.7. The number of methoxy groups -OCH3 is 1. The molecule has 8 heteroatoms. The molecule has 3 unspecified atom stereocenters. The molecule has 0 saturated carbocycles. The molecule has 2 N–H and O–H groups in total. The van der Waals surface area contributed by atoms with Crippen LogP contribution in [0.15, 0.2) is 42.5 Å². The molecule has 0 aliphatic carbocycles. The van der Waals surface area contributed by atoms with Crippen LogP contribution in [0.4, 0.5) is 10.5 Å². The van der Waals surface area contributed by atoms with Crippen LogP contribution in [0.2, 0.25) is 0 Å². The van der Waals surface area contributed by atoms with Gasteiger partial charge in [0.15, 0.2) is 0 Å². The van der Waals surface area contributed by atoms with Gasteiger partial charge in [0.25, 0.3) is 5.91 Å². The van der Waals surface area contributed by atoms with Crippen molar-refractivity contribution >= 4 is 23.6 Å². The number of benzene rings is 2. The van der Waals surface area contributed by atoms with E-state index in [9.17, 15) is 14.4 Å². The van der Waals surface area contributed by atoms with Crippen molar-refractivity contribution in [2.45, 2.75) is 106 Å². The third-order valence-corrected chi connectivity index (χ3v) is 7.32. The molecule has 0 bridgehead atoms. The number of alkyl carbamates (subject to hydrolysis) is 1. The zero-order valence-electron chi connectivity index (χ0n) is 27.3. The lowest BCUT2D eigenvalue weighted by Gasteiger charge is -2.40. The minimum atomic E-state index is -0.941. The van der Waals surface area contributed by atoms with Crippen molar-refractivity contribution in [3.05, 3.63) is 59.2 Å². The van der Waals surface area contributed by atoms with Crippen molar-refractivity contribution in [1.29, 1.82) is 0 Å². The van der Waals surface area contributed by atoms with E-state index in [1.807, 2.05) is 52.8 Å². The summed E-state index contributed by atoms with van der Waals surface area (Å²) in [6.45, 7) is 19.3. The van der Waals surface area contributed by atoms with Gasteiger partial charge in [-0.05, 0) is 107 Å². The van der Waals surface area contributed by atoms with Crippen LogP contribution < -0.4 is 15.4 Å². The number of anilines is 1. The lowest BCUT2D eigenvalue weighted by atomic mass is 9.91. The van der Waals surface area contributed by atoms with Gasteiger partial charge in [0, 0.05) is 11.7 Å². The fraction of sp³-hybridized carbons (Fsp3) is 0.559. The number of hydrogen-bond acceptors (Lipinski definition) is 5. The average molecular weight is 582 g/mol. The van der Waals surface area contributed by atoms with E-state index >= 15 is 0 Å². The Morgan fingerprint density at radius 2 is 1.52 bits per heavy atom. The molecular weight excluding hydrogens is 530 g/mol. The highest BCUT2D eigenvalue weighted by atomic mass is 16.6. The van der Waals surface area contributed by atoms with Crippen LogP contribution in [0, 0.1) is 25.7 Å². The number of amides is 3. The van der Waals surface area contributed by atoms with Crippen LogP contribution in [-0.2, 0) is 14.3 Å². The first kappa shape index (κ1) is 34.7. The SMILES string of the molecule is COc1ccc(NC(=O)C(c2cccc(C)c2C)N(C(=O)C(NC(=O)OC(C)(C)C)C(C)C)C(C)CCC(C)C)cc1. The second-order valence-corrected chi connectivity index (χ2v) is 12.8. The van der Waals surface area contributed by atoms with Crippen LogP contribution >= 0.6 is 0 Å². The number of carbonyl (C=O) groups is 3. The molecule has 42 heavy (non-hydrogen) atoms. The molecule has 8 nitrogen and oxygen atoms in total. The third-order valence-electron chi connectivity index (χ3n) is 7.32. The second kappa shape index (κ2) is 15.1. The summed E-state index contributed by atoms with van der Waals surface area (Å²) in [5.74, 6) is 0.165. The van der Waals surface area contributed by atoms with Gasteiger partial charge in [0.2, 0.25) is 5.91 Å². The van der Waals surface area contributed by atoms with E-state index in [1.54, 1.807) is 57.0 Å². The number of aryl methyl sites for hydroxylation is 1. The summed E-state index contributed by atoms with van der Waals surface area (Å²) in [6.07, 6.45) is 0.893. The fourth-order valence-corrected chi connectivity index (χ4v) is 4.79. The van der Waals surface area contributed by atoms with E-state index in [0.29, 0.717) is 23.8 Å². The molecule has 0 aromatic heterocycles. The number of hydrogen-bond donors (Lipinski definition) is 2. The molecule has 0 aliphatic rings. The third kappa shape index (κ3) is 9.78. The lowest BCUT2D eigenvalue weighted by Crippen LogP contribution is -2.56. The molecule has 0 radical (unpaired) electrons. The molecule has 0 spiro atoms. The van der Waals surface area contributed by atoms with Crippen LogP contribution in [0.5, 0.6) is 5.75 Å². The van der Waals surface area contributed by atoms with Crippen molar-refractivity contribution in [3.8, 4) is 5.75 Å². The van der Waals surface area contributed by atoms with Crippen LogP contribution in [-0.4, -0.2) is 47.6 Å². The molecule has 0 saturated heterocycles. The monoisotopic (exact) mass is 581 g/mol. The van der Waals surface area contributed by atoms with Gasteiger partial charge in [-0.15, -0.1) is 0 Å². The standard InChI is InChI=1S/C34H51N3O5/c1-21(2)15-16-24(6)37(32(39)29(22(3)4)36-33(40)42-34(8,9)10)30(28-14-12-13-23(5)25(28)7)31(38)35-26-17-19-27(41-11)20-18-26/h12-14,17-22,24,29-30H,15-16H2,1-11H3,(H,35,38)(H,36,40). The summed E-state index contributed by atoms with van der Waals surface area (Å²) in [5, 5.41) is 5.84. The molecular formula is C34H51N3O5. The molecule has 3 amide bonds. The Balaban J connectivity index is 2.66. The number of carbonyl (C=O) groups excluding carboxylic acids is 3. The van der Waals surface area contributed by atoms with Gasteiger partial charge in [-0.1, -0.05) is 45.9 Å². The second-order valence-electron chi connectivity index (χ2n) is 12.8. The van der Waals surface area contributed by atoms with E-state index in [-0.39, 0.29) is 23.8 Å². The summed E-state index contributed by atoms with van der Waals surface area (Å²) in [4.78, 5) is 43.4. The van der Waals surface area contributed by atoms with E-state index in [4.69, 9.17) is 9.47 Å². The van der Waals surface area contributed by atoms with Crippen molar-refractivity contribution in [2.75, 3.05) is 12.4 Å². The molecule has 0 heterocycles. The summed E-state index contributed by atoms with van der Waals surface area (Å²) < 4.78 is 10.8. The van der Waals surface area contributed by atoms with Gasteiger partial charge in [-0.3, -0.25) is 9.59 Å². The van der Waals surface area contributed by atoms with Crippen LogP contribution in [0.25, 0.3) is 0 Å². The molecule has 2 aromatic rings. The first-order valence-corrected chi connectivity index (χ1v) is 14.9. The number of nitrogens with one attached hydrogen (secondary N) is 2. The van der Waals surface area contributed by atoms with E-state index in [2.05, 4.69) is 24.5 Å². The van der Waals surface area contributed by atoms with Gasteiger partial charge >= 0.3 is 6.09 Å². The molecule has 0 aliphatic heterocycles.